The minimum Gasteiger partial charge on any atom is -0.495 e. The molecule has 0 spiro atoms. The van der Waals surface area contributed by atoms with Gasteiger partial charge in [-0.05, 0) is 43.3 Å². The number of carbonyl (C=O) groups is 2. The van der Waals surface area contributed by atoms with Gasteiger partial charge in [-0.25, -0.2) is 18.2 Å². The van der Waals surface area contributed by atoms with Crippen LogP contribution in [-0.2, 0) is 14.8 Å². The van der Waals surface area contributed by atoms with Crippen molar-refractivity contribution in [1.29, 1.82) is 0 Å². The standard InChI is InChI=1S/C22H20ClN3O7S2/c1-3-32-21(28)15-12-34-22(24-15)25-20(27)13-4-6-17-16(10-13)26(8-9-33-17)35(29,30)19-11-14(23)5-7-18(19)31-2/h4-7,10-12H,3,8-9H2,1-2H3,(H,24,25,27). The van der Waals surface area contributed by atoms with Gasteiger partial charge in [-0.3, -0.25) is 14.4 Å². The van der Waals surface area contributed by atoms with Crippen molar-refractivity contribution in [3.05, 3.63) is 58.1 Å². The number of halogens is 1. The predicted molar refractivity (Wildman–Crippen MR) is 130 cm³/mol. The molecule has 2 heterocycles. The molecule has 0 radical (unpaired) electrons. The molecule has 1 amide bonds. The molecule has 0 atom stereocenters. The van der Waals surface area contributed by atoms with E-state index in [1.165, 1.54) is 48.9 Å². The Morgan fingerprint density at radius 2 is 2.06 bits per heavy atom. The molecule has 0 saturated carbocycles. The number of esters is 1. The van der Waals surface area contributed by atoms with Crippen LogP contribution in [0.3, 0.4) is 0 Å². The van der Waals surface area contributed by atoms with Gasteiger partial charge < -0.3 is 14.2 Å². The number of fused-ring (bicyclic) bond motifs is 1. The average molecular weight is 538 g/mol. The van der Waals surface area contributed by atoms with Crippen molar-refractivity contribution in [1.82, 2.24) is 4.98 Å². The number of anilines is 2. The highest BCUT2D eigenvalue weighted by molar-refractivity contribution is 7.93. The van der Waals surface area contributed by atoms with E-state index in [0.717, 1.165) is 15.6 Å². The number of thiazole rings is 1. The summed E-state index contributed by atoms with van der Waals surface area (Å²) in [5.41, 5.74) is 0.441. The fourth-order valence-electron chi connectivity index (χ4n) is 3.35. The van der Waals surface area contributed by atoms with Gasteiger partial charge in [0.25, 0.3) is 15.9 Å². The molecule has 3 aromatic rings. The fourth-order valence-corrected chi connectivity index (χ4v) is 5.90. The van der Waals surface area contributed by atoms with Crippen LogP contribution in [0.4, 0.5) is 10.8 Å². The smallest absolute Gasteiger partial charge is 0.357 e. The first-order valence-electron chi connectivity index (χ1n) is 10.3. The highest BCUT2D eigenvalue weighted by Crippen LogP contribution is 2.39. The maximum atomic E-state index is 13.6. The maximum absolute atomic E-state index is 13.6. The molecular weight excluding hydrogens is 518 g/mol. The van der Waals surface area contributed by atoms with Gasteiger partial charge in [-0.1, -0.05) is 11.6 Å². The molecule has 1 N–H and O–H groups in total. The third-order valence-corrected chi connectivity index (χ3v) is 7.77. The van der Waals surface area contributed by atoms with Crippen LogP contribution in [0.1, 0.15) is 27.8 Å². The summed E-state index contributed by atoms with van der Waals surface area (Å²) in [6.07, 6.45) is 0. The highest BCUT2D eigenvalue weighted by Gasteiger charge is 2.33. The Balaban J connectivity index is 1.64. The molecule has 1 aromatic heterocycles. The van der Waals surface area contributed by atoms with Gasteiger partial charge in [0, 0.05) is 16.0 Å². The van der Waals surface area contributed by atoms with E-state index in [0.29, 0.717) is 5.75 Å². The minimum atomic E-state index is -4.10. The number of sulfonamides is 1. The first-order valence-corrected chi connectivity index (χ1v) is 13.0. The summed E-state index contributed by atoms with van der Waals surface area (Å²) in [7, 11) is -2.74. The van der Waals surface area contributed by atoms with Crippen LogP contribution >= 0.6 is 22.9 Å². The van der Waals surface area contributed by atoms with Crippen LogP contribution in [0.2, 0.25) is 5.02 Å². The maximum Gasteiger partial charge on any atom is 0.357 e. The summed E-state index contributed by atoms with van der Waals surface area (Å²) in [5, 5.41) is 4.51. The first kappa shape index (κ1) is 24.8. The molecule has 10 nitrogen and oxygen atoms in total. The van der Waals surface area contributed by atoms with Crippen LogP contribution < -0.4 is 19.1 Å². The lowest BCUT2D eigenvalue weighted by atomic mass is 10.1. The Labute approximate surface area is 210 Å². The lowest BCUT2D eigenvalue weighted by Crippen LogP contribution is -2.38. The SMILES string of the molecule is CCOC(=O)c1csc(NC(=O)c2ccc3c(c2)N(S(=O)(=O)c2cc(Cl)ccc2OC)CCO3)n1. The van der Waals surface area contributed by atoms with Gasteiger partial charge >= 0.3 is 5.97 Å². The van der Waals surface area contributed by atoms with Gasteiger partial charge in [0.15, 0.2) is 10.8 Å². The largest absolute Gasteiger partial charge is 0.495 e. The van der Waals surface area contributed by atoms with Gasteiger partial charge in [0.2, 0.25) is 0 Å². The van der Waals surface area contributed by atoms with E-state index >= 15 is 0 Å². The second-order valence-electron chi connectivity index (χ2n) is 7.12. The van der Waals surface area contributed by atoms with Gasteiger partial charge in [0.05, 0.1) is 25.9 Å². The van der Waals surface area contributed by atoms with E-state index in [4.69, 9.17) is 25.8 Å². The molecular formula is C22H20ClN3O7S2. The molecule has 0 unspecified atom stereocenters. The zero-order valence-electron chi connectivity index (χ0n) is 18.6. The van der Waals surface area contributed by atoms with E-state index < -0.39 is 21.9 Å². The van der Waals surface area contributed by atoms with E-state index in [2.05, 4.69) is 10.3 Å². The van der Waals surface area contributed by atoms with E-state index in [-0.39, 0.29) is 57.5 Å². The first-order chi connectivity index (χ1) is 16.7. The molecule has 0 aliphatic carbocycles. The van der Waals surface area contributed by atoms with Crippen molar-refractivity contribution in [2.45, 2.75) is 11.8 Å². The van der Waals surface area contributed by atoms with Crippen molar-refractivity contribution >= 4 is 55.7 Å². The molecule has 1 aliphatic rings. The van der Waals surface area contributed by atoms with E-state index in [1.807, 2.05) is 0 Å². The summed E-state index contributed by atoms with van der Waals surface area (Å²) in [6.45, 7) is 2.02. The second kappa shape index (κ2) is 10.1. The van der Waals surface area contributed by atoms with Crippen LogP contribution in [-0.4, -0.2) is 52.1 Å². The molecule has 0 saturated heterocycles. The van der Waals surface area contributed by atoms with Crippen LogP contribution in [0.25, 0.3) is 0 Å². The lowest BCUT2D eigenvalue weighted by Gasteiger charge is -2.31. The van der Waals surface area contributed by atoms with E-state index in [1.54, 1.807) is 6.92 Å². The van der Waals surface area contributed by atoms with Crippen LogP contribution in [0.5, 0.6) is 11.5 Å². The van der Waals surface area contributed by atoms with Crippen molar-refractivity contribution in [3.63, 3.8) is 0 Å². The van der Waals surface area contributed by atoms with Crippen molar-refractivity contribution in [3.8, 4) is 11.5 Å². The molecule has 0 bridgehead atoms. The second-order valence-corrected chi connectivity index (χ2v) is 10.2. The molecule has 35 heavy (non-hydrogen) atoms. The third-order valence-electron chi connectivity index (χ3n) is 4.94. The topological polar surface area (TPSA) is 124 Å². The quantitative estimate of drug-likeness (QED) is 0.451. The predicted octanol–water partition coefficient (Wildman–Crippen LogP) is 3.82. The third kappa shape index (κ3) is 5.04. The number of ether oxygens (including phenoxy) is 3. The Kier molecular flexibility index (Phi) is 7.15. The number of rotatable bonds is 7. The molecule has 4 rings (SSSR count). The number of hydrogen-bond acceptors (Lipinski definition) is 9. The number of hydrogen-bond donors (Lipinski definition) is 1. The summed E-state index contributed by atoms with van der Waals surface area (Å²) in [6, 6.07) is 8.75. The van der Waals surface area contributed by atoms with Crippen LogP contribution in [0.15, 0.2) is 46.7 Å². The minimum absolute atomic E-state index is 0.0193. The average Bonchev–Trinajstić information content (AvgIpc) is 3.32. The zero-order valence-corrected chi connectivity index (χ0v) is 21.0. The van der Waals surface area contributed by atoms with Gasteiger partial charge in [-0.15, -0.1) is 11.3 Å². The number of amides is 1. The molecule has 13 heteroatoms. The summed E-state index contributed by atoms with van der Waals surface area (Å²) < 4.78 is 44.0. The van der Waals surface area contributed by atoms with Gasteiger partial charge in [0.1, 0.15) is 23.0 Å². The molecule has 1 aliphatic heterocycles. The summed E-state index contributed by atoms with van der Waals surface area (Å²) in [5.74, 6) is -0.693. The normalized spacial score (nSPS) is 12.9. The fraction of sp³-hybridized carbons (Fsp3) is 0.227. The number of aromatic nitrogens is 1. The number of benzene rings is 2. The summed E-state index contributed by atoms with van der Waals surface area (Å²) in [4.78, 5) is 28.6. The number of nitrogens with one attached hydrogen (secondary N) is 1. The number of nitrogens with zero attached hydrogens (tertiary/aromatic N) is 2. The zero-order chi connectivity index (χ0) is 25.2. The van der Waals surface area contributed by atoms with Crippen LogP contribution in [0, 0.1) is 0 Å². The molecule has 2 aromatic carbocycles. The monoisotopic (exact) mass is 537 g/mol. The Morgan fingerprint density at radius 3 is 2.80 bits per heavy atom. The lowest BCUT2D eigenvalue weighted by molar-refractivity contribution is 0.0520. The van der Waals surface area contributed by atoms with Gasteiger partial charge in [-0.2, -0.15) is 0 Å². The number of methoxy groups -OCH3 is 1. The van der Waals surface area contributed by atoms with Crippen molar-refractivity contribution in [2.24, 2.45) is 0 Å². The Bertz CT molecular complexity index is 1390. The molecule has 0 fully saturated rings. The Morgan fingerprint density at radius 1 is 1.26 bits per heavy atom. The highest BCUT2D eigenvalue weighted by atomic mass is 35.5. The Hall–Kier alpha value is -3.35. The summed E-state index contributed by atoms with van der Waals surface area (Å²) >= 11 is 7.11. The number of carbonyl (C=O) groups excluding carboxylic acids is 2. The molecule has 184 valence electrons. The van der Waals surface area contributed by atoms with Crippen molar-refractivity contribution in [2.75, 3.05) is 36.5 Å². The van der Waals surface area contributed by atoms with E-state index in [9.17, 15) is 18.0 Å². The van der Waals surface area contributed by atoms with Crippen molar-refractivity contribution < 1.29 is 32.2 Å².